The Labute approximate surface area is 115 Å². The lowest BCUT2D eigenvalue weighted by atomic mass is 10.1. The number of nitrogens with one attached hydrogen (secondary N) is 1. The molecule has 0 amide bonds. The van der Waals surface area contributed by atoms with E-state index in [9.17, 15) is 0 Å². The van der Waals surface area contributed by atoms with Crippen molar-refractivity contribution in [2.24, 2.45) is 0 Å². The highest BCUT2D eigenvalue weighted by molar-refractivity contribution is 9.10. The van der Waals surface area contributed by atoms with Crippen molar-refractivity contribution in [3.8, 4) is 0 Å². The van der Waals surface area contributed by atoms with Gasteiger partial charge in [0.15, 0.2) is 0 Å². The van der Waals surface area contributed by atoms with Crippen LogP contribution in [-0.4, -0.2) is 35.1 Å². The molecule has 2 atom stereocenters. The van der Waals surface area contributed by atoms with Crippen LogP contribution in [0.3, 0.4) is 0 Å². The number of anilines is 1. The van der Waals surface area contributed by atoms with Gasteiger partial charge in [0.1, 0.15) is 5.82 Å². The Balaban J connectivity index is 1.74. The van der Waals surface area contributed by atoms with E-state index in [1.54, 1.807) is 6.20 Å². The van der Waals surface area contributed by atoms with Gasteiger partial charge in [-0.2, -0.15) is 0 Å². The van der Waals surface area contributed by atoms with Crippen LogP contribution in [0.15, 0.2) is 16.7 Å². The Morgan fingerprint density at radius 1 is 1.41 bits per heavy atom. The molecule has 2 saturated heterocycles. The number of aromatic nitrogens is 1. The summed E-state index contributed by atoms with van der Waals surface area (Å²) in [5.74, 6) is 0.814. The van der Waals surface area contributed by atoms with Gasteiger partial charge in [0.25, 0.3) is 0 Å². The minimum atomic E-state index is 0.503. The number of nitrogens with zero attached hydrogens (tertiary/aromatic N) is 2. The second kappa shape index (κ2) is 4.75. The Kier molecular flexibility index (Phi) is 3.28. The van der Waals surface area contributed by atoms with Crippen molar-refractivity contribution >= 4 is 33.3 Å². The summed E-state index contributed by atoms with van der Waals surface area (Å²) in [6.45, 7) is 2.46. The molecule has 3 rings (SSSR count). The van der Waals surface area contributed by atoms with E-state index in [-0.39, 0.29) is 0 Å². The van der Waals surface area contributed by atoms with Crippen LogP contribution in [0.1, 0.15) is 19.3 Å². The first-order valence-electron chi connectivity index (χ1n) is 6.05. The van der Waals surface area contributed by atoms with Crippen molar-refractivity contribution in [2.45, 2.75) is 31.3 Å². The van der Waals surface area contributed by atoms with Crippen molar-refractivity contribution in [1.29, 1.82) is 0 Å². The fourth-order valence-electron chi connectivity index (χ4n) is 2.95. The van der Waals surface area contributed by atoms with Gasteiger partial charge in [0, 0.05) is 29.3 Å². The molecule has 1 aromatic rings. The summed E-state index contributed by atoms with van der Waals surface area (Å²) in [4.78, 5) is 6.92. The highest BCUT2D eigenvalue weighted by Crippen LogP contribution is 2.31. The maximum atomic E-state index is 6.18. The number of halogens is 2. The Morgan fingerprint density at radius 3 is 3.12 bits per heavy atom. The van der Waals surface area contributed by atoms with Crippen LogP contribution >= 0.6 is 27.5 Å². The minimum absolute atomic E-state index is 0.503. The summed E-state index contributed by atoms with van der Waals surface area (Å²) in [7, 11) is 0. The van der Waals surface area contributed by atoms with Crippen LogP contribution < -0.4 is 5.32 Å². The van der Waals surface area contributed by atoms with Gasteiger partial charge in [0.05, 0.1) is 5.02 Å². The summed E-state index contributed by atoms with van der Waals surface area (Å²) in [5, 5.41) is 4.19. The van der Waals surface area contributed by atoms with Gasteiger partial charge in [-0.3, -0.25) is 4.90 Å². The van der Waals surface area contributed by atoms with E-state index in [2.05, 4.69) is 31.1 Å². The fraction of sp³-hybridized carbons (Fsp3) is 0.583. The summed E-state index contributed by atoms with van der Waals surface area (Å²) >= 11 is 9.55. The Bertz CT molecular complexity index is 426. The van der Waals surface area contributed by atoms with Crippen LogP contribution in [0.25, 0.3) is 0 Å². The van der Waals surface area contributed by atoms with Gasteiger partial charge >= 0.3 is 0 Å². The zero-order valence-electron chi connectivity index (χ0n) is 9.50. The lowest BCUT2D eigenvalue weighted by Gasteiger charge is -2.22. The van der Waals surface area contributed by atoms with Crippen LogP contribution in [0, 0.1) is 0 Å². The molecule has 2 fully saturated rings. The van der Waals surface area contributed by atoms with Crippen molar-refractivity contribution in [2.75, 3.05) is 18.4 Å². The van der Waals surface area contributed by atoms with E-state index in [0.717, 1.165) is 10.3 Å². The van der Waals surface area contributed by atoms with E-state index in [0.29, 0.717) is 17.1 Å². The van der Waals surface area contributed by atoms with Crippen molar-refractivity contribution < 1.29 is 0 Å². The predicted octanol–water partition coefficient (Wildman–Crippen LogP) is 3.15. The largest absolute Gasteiger partial charge is 0.364 e. The maximum Gasteiger partial charge on any atom is 0.145 e. The van der Waals surface area contributed by atoms with Gasteiger partial charge in [-0.05, 0) is 47.8 Å². The van der Waals surface area contributed by atoms with E-state index < -0.39 is 0 Å². The van der Waals surface area contributed by atoms with Gasteiger partial charge in [-0.25, -0.2) is 4.98 Å². The molecular weight excluding hydrogens is 302 g/mol. The summed E-state index contributed by atoms with van der Waals surface area (Å²) in [6, 6.07) is 3.07. The first-order chi connectivity index (χ1) is 8.24. The normalized spacial score (nSPS) is 28.4. The molecule has 3 nitrogen and oxygen atoms in total. The Morgan fingerprint density at radius 2 is 2.29 bits per heavy atom. The number of pyridine rings is 1. The van der Waals surface area contributed by atoms with E-state index >= 15 is 0 Å². The molecule has 0 radical (unpaired) electrons. The molecule has 2 aliphatic rings. The van der Waals surface area contributed by atoms with Crippen LogP contribution in [0.2, 0.25) is 5.02 Å². The highest BCUT2D eigenvalue weighted by Gasteiger charge is 2.37. The molecule has 0 bridgehead atoms. The fourth-order valence-corrected chi connectivity index (χ4v) is 3.63. The van der Waals surface area contributed by atoms with Gasteiger partial charge in [-0.15, -0.1) is 0 Å². The molecule has 92 valence electrons. The molecule has 0 saturated carbocycles. The van der Waals surface area contributed by atoms with E-state index in [1.165, 1.54) is 32.4 Å². The SMILES string of the molecule is Clc1cc(Br)cnc1NC1CCN2CCCC12. The van der Waals surface area contributed by atoms with Gasteiger partial charge < -0.3 is 5.32 Å². The second-order valence-corrected chi connectivity index (χ2v) is 6.09. The molecule has 1 N–H and O–H groups in total. The van der Waals surface area contributed by atoms with Crippen molar-refractivity contribution in [1.82, 2.24) is 9.88 Å². The van der Waals surface area contributed by atoms with Crippen LogP contribution in [-0.2, 0) is 0 Å². The maximum absolute atomic E-state index is 6.18. The van der Waals surface area contributed by atoms with Crippen molar-refractivity contribution in [3.63, 3.8) is 0 Å². The third kappa shape index (κ3) is 2.30. The average molecular weight is 317 g/mol. The number of rotatable bonds is 2. The van der Waals surface area contributed by atoms with E-state index in [1.807, 2.05) is 6.07 Å². The summed E-state index contributed by atoms with van der Waals surface area (Å²) in [5.41, 5.74) is 0. The summed E-state index contributed by atoms with van der Waals surface area (Å²) < 4.78 is 0.918. The molecule has 0 spiro atoms. The number of fused-ring (bicyclic) bond motifs is 1. The standard InChI is InChI=1S/C12H15BrClN3/c13-8-6-9(14)12(15-7-8)16-10-3-5-17-4-1-2-11(10)17/h6-7,10-11H,1-5H2,(H,15,16). The van der Waals surface area contributed by atoms with Gasteiger partial charge in [0.2, 0.25) is 0 Å². The lowest BCUT2D eigenvalue weighted by Crippen LogP contribution is -2.34. The highest BCUT2D eigenvalue weighted by atomic mass is 79.9. The zero-order valence-corrected chi connectivity index (χ0v) is 11.8. The third-order valence-electron chi connectivity index (χ3n) is 3.74. The lowest BCUT2D eigenvalue weighted by molar-refractivity contribution is 0.318. The number of hydrogen-bond acceptors (Lipinski definition) is 3. The minimum Gasteiger partial charge on any atom is -0.364 e. The predicted molar refractivity (Wildman–Crippen MR) is 73.6 cm³/mol. The molecule has 17 heavy (non-hydrogen) atoms. The molecule has 0 aliphatic carbocycles. The second-order valence-electron chi connectivity index (χ2n) is 4.77. The number of hydrogen-bond donors (Lipinski definition) is 1. The first kappa shape index (κ1) is 11.8. The molecule has 0 aromatic carbocycles. The topological polar surface area (TPSA) is 28.2 Å². The molecule has 3 heterocycles. The van der Waals surface area contributed by atoms with Crippen molar-refractivity contribution in [3.05, 3.63) is 21.8 Å². The molecule has 2 aliphatic heterocycles. The zero-order chi connectivity index (χ0) is 11.8. The average Bonchev–Trinajstić information content (AvgIpc) is 2.86. The van der Waals surface area contributed by atoms with Crippen LogP contribution in [0.5, 0.6) is 0 Å². The van der Waals surface area contributed by atoms with Crippen LogP contribution in [0.4, 0.5) is 5.82 Å². The third-order valence-corrected chi connectivity index (χ3v) is 4.46. The molecular formula is C12H15BrClN3. The summed E-state index contributed by atoms with van der Waals surface area (Å²) in [6.07, 6.45) is 5.60. The quantitative estimate of drug-likeness (QED) is 0.908. The molecule has 1 aromatic heterocycles. The van der Waals surface area contributed by atoms with E-state index in [4.69, 9.17) is 11.6 Å². The molecule has 2 unspecified atom stereocenters. The smallest absolute Gasteiger partial charge is 0.145 e. The monoisotopic (exact) mass is 315 g/mol. The molecule has 5 heteroatoms. The first-order valence-corrected chi connectivity index (χ1v) is 7.23. The Hall–Kier alpha value is -0.320. The van der Waals surface area contributed by atoms with Gasteiger partial charge in [-0.1, -0.05) is 11.6 Å².